The van der Waals surface area contributed by atoms with Gasteiger partial charge in [-0.25, -0.2) is 9.59 Å². The first-order chi connectivity index (χ1) is 11.4. The number of benzene rings is 1. The molecule has 0 fully saturated rings. The summed E-state index contributed by atoms with van der Waals surface area (Å²) >= 11 is 0. The summed E-state index contributed by atoms with van der Waals surface area (Å²) in [6.45, 7) is 0.0129. The molecule has 1 rings (SSSR count). The number of hydrogen-bond acceptors (Lipinski definition) is 9. The number of aliphatic hydroxyl groups is 1. The number of carbonyl (C=O) groups excluding carboxylic acids is 2. The van der Waals surface area contributed by atoms with Gasteiger partial charge in [0.05, 0.1) is 43.2 Å². The first-order valence-corrected chi connectivity index (χ1v) is 6.71. The van der Waals surface area contributed by atoms with E-state index >= 15 is 0 Å². The van der Waals surface area contributed by atoms with Crippen LogP contribution in [-0.4, -0.2) is 49.3 Å². The van der Waals surface area contributed by atoms with E-state index in [1.807, 2.05) is 0 Å². The van der Waals surface area contributed by atoms with Crippen LogP contribution in [0.5, 0.6) is 0 Å². The molecule has 0 aliphatic heterocycles. The number of non-ortho nitro benzene ring substituents is 1. The second-order valence-electron chi connectivity index (χ2n) is 4.34. The highest BCUT2D eigenvalue weighted by Crippen LogP contribution is 2.28. The summed E-state index contributed by atoms with van der Waals surface area (Å²) < 4.78 is 9.01. The highest BCUT2D eigenvalue weighted by molar-refractivity contribution is 5.99. The SMILES string of the molecule is COC(=O)/C=C(/Nc1cc([N+](=O)[O-])ccc1NCCO)C(=O)OC. The lowest BCUT2D eigenvalue weighted by molar-refractivity contribution is -0.384. The summed E-state index contributed by atoms with van der Waals surface area (Å²) in [5.41, 5.74) is 0.0405. The molecule has 0 bridgehead atoms. The second-order valence-corrected chi connectivity index (χ2v) is 4.34. The molecule has 0 saturated carbocycles. The maximum Gasteiger partial charge on any atom is 0.354 e. The maximum atomic E-state index is 11.8. The van der Waals surface area contributed by atoms with Crippen LogP contribution in [0.4, 0.5) is 17.1 Å². The van der Waals surface area contributed by atoms with Gasteiger partial charge in [-0.05, 0) is 6.07 Å². The van der Waals surface area contributed by atoms with Gasteiger partial charge in [-0.15, -0.1) is 0 Å². The van der Waals surface area contributed by atoms with Crippen molar-refractivity contribution >= 4 is 29.0 Å². The van der Waals surface area contributed by atoms with E-state index in [0.717, 1.165) is 20.3 Å². The number of carbonyl (C=O) groups is 2. The van der Waals surface area contributed by atoms with Gasteiger partial charge >= 0.3 is 11.9 Å². The minimum atomic E-state index is -0.861. The fourth-order valence-corrected chi connectivity index (χ4v) is 1.67. The normalized spacial score (nSPS) is 10.7. The average molecular weight is 339 g/mol. The number of nitro benzene ring substituents is 1. The summed E-state index contributed by atoms with van der Waals surface area (Å²) in [6, 6.07) is 3.84. The van der Waals surface area contributed by atoms with Crippen molar-refractivity contribution < 1.29 is 29.1 Å². The highest BCUT2D eigenvalue weighted by atomic mass is 16.6. The van der Waals surface area contributed by atoms with Gasteiger partial charge in [0.25, 0.3) is 5.69 Å². The predicted molar refractivity (Wildman–Crippen MR) is 84.4 cm³/mol. The van der Waals surface area contributed by atoms with E-state index in [-0.39, 0.29) is 30.2 Å². The van der Waals surface area contributed by atoms with Gasteiger partial charge in [-0.3, -0.25) is 10.1 Å². The van der Waals surface area contributed by atoms with Gasteiger partial charge in [0.15, 0.2) is 0 Å². The predicted octanol–water partition coefficient (Wildman–Crippen LogP) is 0.641. The Labute approximate surface area is 137 Å². The average Bonchev–Trinajstić information content (AvgIpc) is 2.58. The molecule has 0 heterocycles. The fourth-order valence-electron chi connectivity index (χ4n) is 1.67. The quantitative estimate of drug-likeness (QED) is 0.269. The number of ether oxygens (including phenoxy) is 2. The molecule has 0 aromatic heterocycles. The summed E-state index contributed by atoms with van der Waals surface area (Å²) in [5.74, 6) is -1.67. The van der Waals surface area contributed by atoms with E-state index < -0.39 is 16.9 Å². The van der Waals surface area contributed by atoms with Crippen LogP contribution in [0.1, 0.15) is 0 Å². The van der Waals surface area contributed by atoms with Crippen LogP contribution in [0.25, 0.3) is 0 Å². The molecule has 1 aromatic rings. The molecule has 0 aliphatic rings. The summed E-state index contributed by atoms with van der Waals surface area (Å²) in [5, 5.41) is 25.2. The molecule has 0 atom stereocenters. The van der Waals surface area contributed by atoms with Crippen molar-refractivity contribution in [3.63, 3.8) is 0 Å². The number of nitrogens with zero attached hydrogens (tertiary/aromatic N) is 1. The number of anilines is 2. The van der Waals surface area contributed by atoms with Crippen LogP contribution in [0.3, 0.4) is 0 Å². The highest BCUT2D eigenvalue weighted by Gasteiger charge is 2.17. The van der Waals surface area contributed by atoms with Crippen LogP contribution >= 0.6 is 0 Å². The molecule has 0 amide bonds. The number of hydrogen-bond donors (Lipinski definition) is 3. The van der Waals surface area contributed by atoms with Crippen molar-refractivity contribution in [2.75, 3.05) is 38.0 Å². The van der Waals surface area contributed by atoms with Gasteiger partial charge in [0.2, 0.25) is 0 Å². The van der Waals surface area contributed by atoms with E-state index in [2.05, 4.69) is 20.1 Å². The monoisotopic (exact) mass is 339 g/mol. The summed E-state index contributed by atoms with van der Waals surface area (Å²) in [4.78, 5) is 33.4. The molecule has 0 unspecified atom stereocenters. The lowest BCUT2D eigenvalue weighted by Gasteiger charge is -2.14. The molecule has 24 heavy (non-hydrogen) atoms. The Kier molecular flexibility index (Phi) is 7.17. The fraction of sp³-hybridized carbons (Fsp3) is 0.286. The molecule has 3 N–H and O–H groups in total. The van der Waals surface area contributed by atoms with Gasteiger partial charge in [-0.1, -0.05) is 0 Å². The van der Waals surface area contributed by atoms with Crippen molar-refractivity contribution in [2.24, 2.45) is 0 Å². The number of rotatable bonds is 8. The largest absolute Gasteiger partial charge is 0.466 e. The number of esters is 2. The zero-order valence-electron chi connectivity index (χ0n) is 13.1. The standard InChI is InChI=1S/C14H17N3O7/c1-23-13(19)8-12(14(20)24-2)16-11-7-9(17(21)22)3-4-10(11)15-5-6-18/h3-4,7-8,15-16,18H,5-6H2,1-2H3/b12-8+. The van der Waals surface area contributed by atoms with Crippen LogP contribution in [-0.2, 0) is 19.1 Å². The third-order valence-corrected chi connectivity index (χ3v) is 2.78. The van der Waals surface area contributed by atoms with Gasteiger partial charge in [0.1, 0.15) is 5.70 Å². The van der Waals surface area contributed by atoms with E-state index in [4.69, 9.17) is 5.11 Å². The first kappa shape index (κ1) is 18.9. The minimum Gasteiger partial charge on any atom is -0.466 e. The van der Waals surface area contributed by atoms with Crippen LogP contribution in [0.15, 0.2) is 30.0 Å². The Morgan fingerprint density at radius 1 is 1.29 bits per heavy atom. The topological polar surface area (TPSA) is 140 Å². The van der Waals surface area contributed by atoms with E-state index in [0.29, 0.717) is 5.69 Å². The Balaban J connectivity index is 3.25. The molecular weight excluding hydrogens is 322 g/mol. The smallest absolute Gasteiger partial charge is 0.354 e. The van der Waals surface area contributed by atoms with Crippen molar-refractivity contribution in [2.45, 2.75) is 0 Å². The third-order valence-electron chi connectivity index (χ3n) is 2.78. The molecule has 130 valence electrons. The lowest BCUT2D eigenvalue weighted by atomic mass is 10.2. The van der Waals surface area contributed by atoms with Crippen LogP contribution in [0.2, 0.25) is 0 Å². The lowest BCUT2D eigenvalue weighted by Crippen LogP contribution is -2.17. The van der Waals surface area contributed by atoms with E-state index in [1.165, 1.54) is 18.2 Å². The van der Waals surface area contributed by atoms with Gasteiger partial charge in [0, 0.05) is 18.7 Å². The number of aliphatic hydroxyl groups excluding tert-OH is 1. The summed E-state index contributed by atoms with van der Waals surface area (Å²) in [6.07, 6.45) is 0.862. The molecule has 0 aliphatic carbocycles. The molecule has 10 nitrogen and oxygen atoms in total. The Hall–Kier alpha value is -3.14. The molecule has 1 aromatic carbocycles. The zero-order valence-corrected chi connectivity index (χ0v) is 13.1. The molecule has 0 saturated heterocycles. The van der Waals surface area contributed by atoms with Gasteiger partial charge < -0.3 is 25.2 Å². The third kappa shape index (κ3) is 5.25. The molecule has 0 radical (unpaired) electrons. The van der Waals surface area contributed by atoms with E-state index in [9.17, 15) is 19.7 Å². The van der Waals surface area contributed by atoms with Crippen LogP contribution in [0, 0.1) is 10.1 Å². The van der Waals surface area contributed by atoms with Gasteiger partial charge in [-0.2, -0.15) is 0 Å². The Morgan fingerprint density at radius 3 is 2.54 bits per heavy atom. The van der Waals surface area contributed by atoms with Crippen molar-refractivity contribution in [1.82, 2.24) is 0 Å². The Morgan fingerprint density at radius 2 is 2.00 bits per heavy atom. The number of methoxy groups -OCH3 is 2. The zero-order chi connectivity index (χ0) is 18.1. The summed E-state index contributed by atoms with van der Waals surface area (Å²) in [7, 11) is 2.25. The van der Waals surface area contributed by atoms with Crippen molar-refractivity contribution in [1.29, 1.82) is 0 Å². The Bertz CT molecular complexity index is 658. The van der Waals surface area contributed by atoms with E-state index in [1.54, 1.807) is 0 Å². The first-order valence-electron chi connectivity index (χ1n) is 6.71. The van der Waals surface area contributed by atoms with Crippen molar-refractivity contribution in [3.8, 4) is 0 Å². The van der Waals surface area contributed by atoms with Crippen molar-refractivity contribution in [3.05, 3.63) is 40.1 Å². The molecule has 10 heteroatoms. The second kappa shape index (κ2) is 9.10. The molecule has 0 spiro atoms. The number of nitro groups is 1. The maximum absolute atomic E-state index is 11.8. The van der Waals surface area contributed by atoms with Crippen LogP contribution < -0.4 is 10.6 Å². The number of nitrogens with one attached hydrogen (secondary N) is 2. The minimum absolute atomic E-state index is 0.151. The molecular formula is C14H17N3O7.